The van der Waals surface area contributed by atoms with Crippen molar-refractivity contribution in [2.75, 3.05) is 32.6 Å². The number of benzene rings is 1. The molecule has 0 saturated heterocycles. The van der Waals surface area contributed by atoms with Gasteiger partial charge in [-0.2, -0.15) is 0 Å². The van der Waals surface area contributed by atoms with Crippen LogP contribution in [0.2, 0.25) is 0 Å². The van der Waals surface area contributed by atoms with Gasteiger partial charge in [-0.15, -0.1) is 0 Å². The molecule has 1 amide bonds. The quantitative estimate of drug-likeness (QED) is 0.529. The normalized spacial score (nSPS) is 12.0. The van der Waals surface area contributed by atoms with Crippen LogP contribution in [0.4, 0.5) is 5.69 Å². The number of amides is 1. The number of rotatable bonds is 7. The maximum atomic E-state index is 11.0. The Morgan fingerprint density at radius 3 is 2.39 bits per heavy atom. The molecule has 0 spiro atoms. The van der Waals surface area contributed by atoms with Gasteiger partial charge in [0.2, 0.25) is 5.91 Å². The SMILES string of the molecule is CN=C(NCCc1ccc(NC(C)=O)cc1)NCC(C)(C)OC. The fourth-order valence-corrected chi connectivity index (χ4v) is 1.87. The minimum Gasteiger partial charge on any atom is -0.377 e. The van der Waals surface area contributed by atoms with E-state index >= 15 is 0 Å². The van der Waals surface area contributed by atoms with Crippen molar-refractivity contribution < 1.29 is 9.53 Å². The summed E-state index contributed by atoms with van der Waals surface area (Å²) < 4.78 is 5.37. The van der Waals surface area contributed by atoms with Crippen molar-refractivity contribution in [1.82, 2.24) is 10.6 Å². The Morgan fingerprint density at radius 1 is 1.22 bits per heavy atom. The molecular weight excluding hydrogens is 292 g/mol. The molecule has 0 aromatic heterocycles. The molecule has 0 fully saturated rings. The van der Waals surface area contributed by atoms with Crippen LogP contribution in [0.25, 0.3) is 0 Å². The van der Waals surface area contributed by atoms with E-state index in [9.17, 15) is 4.79 Å². The van der Waals surface area contributed by atoms with E-state index in [1.165, 1.54) is 12.5 Å². The zero-order valence-corrected chi connectivity index (χ0v) is 14.7. The van der Waals surface area contributed by atoms with Gasteiger partial charge in [0.1, 0.15) is 0 Å². The maximum Gasteiger partial charge on any atom is 0.221 e. The van der Waals surface area contributed by atoms with Crippen LogP contribution in [-0.4, -0.2) is 44.7 Å². The number of nitrogens with one attached hydrogen (secondary N) is 3. The molecule has 0 aliphatic rings. The molecule has 0 aliphatic heterocycles. The van der Waals surface area contributed by atoms with Gasteiger partial charge in [0.05, 0.1) is 5.60 Å². The van der Waals surface area contributed by atoms with Crippen LogP contribution in [0, 0.1) is 0 Å². The Hall–Kier alpha value is -2.08. The summed E-state index contributed by atoms with van der Waals surface area (Å²) in [7, 11) is 3.44. The first-order valence-corrected chi connectivity index (χ1v) is 7.72. The Bertz CT molecular complexity index is 524. The molecule has 0 saturated carbocycles. The number of hydrogen-bond donors (Lipinski definition) is 3. The predicted octanol–water partition coefficient (Wildman–Crippen LogP) is 1.78. The fraction of sp³-hybridized carbons (Fsp3) is 0.529. The first-order chi connectivity index (χ1) is 10.9. The molecule has 0 bridgehead atoms. The van der Waals surface area contributed by atoms with Crippen LogP contribution in [0.3, 0.4) is 0 Å². The Labute approximate surface area is 138 Å². The summed E-state index contributed by atoms with van der Waals surface area (Å²) in [6.45, 7) is 6.98. The number of ether oxygens (including phenoxy) is 1. The number of nitrogens with zero attached hydrogens (tertiary/aromatic N) is 1. The third-order valence-electron chi connectivity index (χ3n) is 3.44. The summed E-state index contributed by atoms with van der Waals surface area (Å²) in [5.41, 5.74) is 1.77. The van der Waals surface area contributed by atoms with Gasteiger partial charge in [-0.3, -0.25) is 9.79 Å². The van der Waals surface area contributed by atoms with Gasteiger partial charge in [-0.05, 0) is 38.0 Å². The largest absolute Gasteiger partial charge is 0.377 e. The zero-order chi connectivity index (χ0) is 17.3. The van der Waals surface area contributed by atoms with E-state index in [4.69, 9.17) is 4.74 Å². The van der Waals surface area contributed by atoms with E-state index < -0.39 is 0 Å². The number of aliphatic imine (C=N–C) groups is 1. The minimum atomic E-state index is -0.239. The van der Waals surface area contributed by atoms with Crippen molar-refractivity contribution >= 4 is 17.6 Å². The number of guanidine groups is 1. The number of methoxy groups -OCH3 is 1. The average molecular weight is 320 g/mol. The molecule has 0 radical (unpaired) electrons. The lowest BCUT2D eigenvalue weighted by molar-refractivity contribution is -0.114. The van der Waals surface area contributed by atoms with Crippen molar-refractivity contribution in [2.45, 2.75) is 32.8 Å². The van der Waals surface area contributed by atoms with E-state index in [1.54, 1.807) is 14.2 Å². The van der Waals surface area contributed by atoms with Crippen LogP contribution < -0.4 is 16.0 Å². The van der Waals surface area contributed by atoms with Crippen molar-refractivity contribution in [1.29, 1.82) is 0 Å². The molecule has 1 aromatic rings. The van der Waals surface area contributed by atoms with Gasteiger partial charge < -0.3 is 20.7 Å². The lowest BCUT2D eigenvalue weighted by Crippen LogP contribution is -2.45. The number of hydrogen-bond acceptors (Lipinski definition) is 3. The predicted molar refractivity (Wildman–Crippen MR) is 94.9 cm³/mol. The first-order valence-electron chi connectivity index (χ1n) is 7.72. The minimum absolute atomic E-state index is 0.0618. The highest BCUT2D eigenvalue weighted by atomic mass is 16.5. The lowest BCUT2D eigenvalue weighted by atomic mass is 10.1. The molecule has 0 aliphatic carbocycles. The van der Waals surface area contributed by atoms with Crippen LogP contribution in [0.1, 0.15) is 26.3 Å². The summed E-state index contributed by atoms with van der Waals surface area (Å²) in [5.74, 6) is 0.693. The smallest absolute Gasteiger partial charge is 0.221 e. The van der Waals surface area contributed by atoms with E-state index in [0.29, 0.717) is 6.54 Å². The maximum absolute atomic E-state index is 11.0. The molecule has 6 nitrogen and oxygen atoms in total. The Balaban J connectivity index is 2.38. The molecular formula is C17H28N4O2. The summed E-state index contributed by atoms with van der Waals surface area (Å²) in [4.78, 5) is 15.2. The molecule has 3 N–H and O–H groups in total. The Morgan fingerprint density at radius 2 is 1.87 bits per heavy atom. The molecule has 6 heteroatoms. The van der Waals surface area contributed by atoms with Crippen molar-refractivity contribution in [2.24, 2.45) is 4.99 Å². The zero-order valence-electron chi connectivity index (χ0n) is 14.7. The van der Waals surface area contributed by atoms with Gasteiger partial charge in [-0.25, -0.2) is 0 Å². The highest BCUT2D eigenvalue weighted by molar-refractivity contribution is 5.88. The van der Waals surface area contributed by atoms with Crippen LogP contribution >= 0.6 is 0 Å². The van der Waals surface area contributed by atoms with E-state index in [-0.39, 0.29) is 11.5 Å². The summed E-state index contributed by atoms with van der Waals surface area (Å²) in [5, 5.41) is 9.28. The second-order valence-electron chi connectivity index (χ2n) is 5.94. The number of anilines is 1. The standard InChI is InChI=1S/C17H28N4O2/c1-13(22)21-15-8-6-14(7-9-15)10-11-19-16(18-4)20-12-17(2,3)23-5/h6-9H,10-12H2,1-5H3,(H,21,22)(H2,18,19,20). The topological polar surface area (TPSA) is 74.8 Å². The Kier molecular flexibility index (Phi) is 7.54. The van der Waals surface area contributed by atoms with Gasteiger partial charge in [0, 0.05) is 39.9 Å². The summed E-state index contributed by atoms with van der Waals surface area (Å²) in [6.07, 6.45) is 0.870. The molecule has 0 heterocycles. The molecule has 1 rings (SSSR count). The average Bonchev–Trinajstić information content (AvgIpc) is 2.51. The van der Waals surface area contributed by atoms with Gasteiger partial charge in [0.15, 0.2) is 5.96 Å². The molecule has 0 unspecified atom stereocenters. The van der Waals surface area contributed by atoms with Crippen molar-refractivity contribution in [3.05, 3.63) is 29.8 Å². The summed E-state index contributed by atoms with van der Waals surface area (Å²) in [6, 6.07) is 7.84. The molecule has 0 atom stereocenters. The van der Waals surface area contributed by atoms with E-state index in [1.807, 2.05) is 38.1 Å². The van der Waals surface area contributed by atoms with Crippen LogP contribution in [0.5, 0.6) is 0 Å². The van der Waals surface area contributed by atoms with Crippen molar-refractivity contribution in [3.8, 4) is 0 Å². The summed E-state index contributed by atoms with van der Waals surface area (Å²) >= 11 is 0. The molecule has 128 valence electrons. The monoisotopic (exact) mass is 320 g/mol. The molecule has 23 heavy (non-hydrogen) atoms. The highest BCUT2D eigenvalue weighted by Gasteiger charge is 2.16. The number of carbonyl (C=O) groups excluding carboxylic acids is 1. The third kappa shape index (κ3) is 7.65. The second-order valence-corrected chi connectivity index (χ2v) is 5.94. The third-order valence-corrected chi connectivity index (χ3v) is 3.44. The first kappa shape index (κ1) is 19.0. The highest BCUT2D eigenvalue weighted by Crippen LogP contribution is 2.09. The number of carbonyl (C=O) groups is 1. The second kappa shape index (κ2) is 9.15. The van der Waals surface area contributed by atoms with Crippen LogP contribution in [0.15, 0.2) is 29.3 Å². The van der Waals surface area contributed by atoms with Gasteiger partial charge >= 0.3 is 0 Å². The van der Waals surface area contributed by atoms with Gasteiger partial charge in [-0.1, -0.05) is 12.1 Å². The molecule has 1 aromatic carbocycles. The van der Waals surface area contributed by atoms with Crippen LogP contribution in [-0.2, 0) is 16.0 Å². The van der Waals surface area contributed by atoms with Crippen molar-refractivity contribution in [3.63, 3.8) is 0 Å². The fourth-order valence-electron chi connectivity index (χ4n) is 1.87. The lowest BCUT2D eigenvalue weighted by Gasteiger charge is -2.24. The van der Waals surface area contributed by atoms with Gasteiger partial charge in [0.25, 0.3) is 0 Å². The van der Waals surface area contributed by atoms with E-state index in [2.05, 4.69) is 20.9 Å². The van der Waals surface area contributed by atoms with E-state index in [0.717, 1.165) is 24.6 Å².